The maximum Gasteiger partial charge on any atom is 0.409 e. The van der Waals surface area contributed by atoms with Crippen LogP contribution >= 0.6 is 0 Å². The molecular weight excluding hydrogens is 332 g/mol. The van der Waals surface area contributed by atoms with Crippen LogP contribution in [0.5, 0.6) is 0 Å². The van der Waals surface area contributed by atoms with Crippen LogP contribution < -0.4 is 5.56 Å². The largest absolute Gasteiger partial charge is 0.449 e. The molecule has 7 nitrogen and oxygen atoms in total. The van der Waals surface area contributed by atoms with Crippen molar-refractivity contribution in [1.29, 1.82) is 0 Å². The van der Waals surface area contributed by atoms with Gasteiger partial charge in [0.05, 0.1) is 17.6 Å². The van der Waals surface area contributed by atoms with Crippen molar-refractivity contribution >= 4 is 17.1 Å². The lowest BCUT2D eigenvalue weighted by Gasteiger charge is -2.34. The van der Waals surface area contributed by atoms with E-state index >= 15 is 0 Å². The highest BCUT2D eigenvalue weighted by molar-refractivity contribution is 5.74. The summed E-state index contributed by atoms with van der Waals surface area (Å²) < 4.78 is 5.19. The van der Waals surface area contributed by atoms with Crippen molar-refractivity contribution in [3.63, 3.8) is 0 Å². The van der Waals surface area contributed by atoms with E-state index in [9.17, 15) is 9.59 Å². The minimum Gasteiger partial charge on any atom is -0.449 e. The summed E-state index contributed by atoms with van der Waals surface area (Å²) >= 11 is 0. The molecule has 0 aliphatic carbocycles. The number of hydrogen-bond donors (Lipinski definition) is 1. The molecular formula is C19H26N4O3. The number of pyridine rings is 2. The second kappa shape index (κ2) is 8.31. The maximum absolute atomic E-state index is 12.0. The Hall–Kier alpha value is -2.41. The predicted molar refractivity (Wildman–Crippen MR) is 100 cm³/mol. The van der Waals surface area contributed by atoms with Crippen molar-refractivity contribution in [2.45, 2.75) is 33.2 Å². The molecule has 2 aromatic rings. The first kappa shape index (κ1) is 18.4. The van der Waals surface area contributed by atoms with Crippen LogP contribution in [-0.4, -0.2) is 58.6 Å². The molecule has 1 aliphatic heterocycles. The van der Waals surface area contributed by atoms with Crippen LogP contribution in [0.1, 0.15) is 31.4 Å². The third-order valence-corrected chi connectivity index (χ3v) is 4.67. The second-order valence-electron chi connectivity index (χ2n) is 6.63. The van der Waals surface area contributed by atoms with Crippen LogP contribution in [0.3, 0.4) is 0 Å². The molecule has 1 amide bonds. The molecule has 26 heavy (non-hydrogen) atoms. The number of rotatable bonds is 5. The summed E-state index contributed by atoms with van der Waals surface area (Å²) in [6, 6.07) is 3.85. The molecule has 1 saturated heterocycles. The van der Waals surface area contributed by atoms with Gasteiger partial charge in [0.25, 0.3) is 5.56 Å². The van der Waals surface area contributed by atoms with Crippen molar-refractivity contribution in [2.24, 2.45) is 0 Å². The van der Waals surface area contributed by atoms with Crippen LogP contribution in [0, 0.1) is 0 Å². The monoisotopic (exact) mass is 358 g/mol. The highest BCUT2D eigenvalue weighted by Crippen LogP contribution is 2.14. The highest BCUT2D eigenvalue weighted by Gasteiger charge is 2.22. The minimum absolute atomic E-state index is 0.0434. The fourth-order valence-electron chi connectivity index (χ4n) is 3.14. The van der Waals surface area contributed by atoms with E-state index in [1.807, 2.05) is 32.2 Å². The van der Waals surface area contributed by atoms with Gasteiger partial charge in [0.1, 0.15) is 0 Å². The Kier molecular flexibility index (Phi) is 5.88. The van der Waals surface area contributed by atoms with Gasteiger partial charge in [-0.25, -0.2) is 4.79 Å². The van der Waals surface area contributed by atoms with Crippen molar-refractivity contribution in [2.75, 3.05) is 32.8 Å². The Morgan fingerprint density at radius 1 is 1.23 bits per heavy atom. The van der Waals surface area contributed by atoms with Crippen LogP contribution in [-0.2, 0) is 17.7 Å². The number of nitrogens with zero attached hydrogens (tertiary/aromatic N) is 3. The lowest BCUT2D eigenvalue weighted by molar-refractivity contribution is 0.0746. The Morgan fingerprint density at radius 3 is 2.69 bits per heavy atom. The summed E-state index contributed by atoms with van der Waals surface area (Å²) in [4.78, 5) is 35.3. The van der Waals surface area contributed by atoms with Gasteiger partial charge in [-0.2, -0.15) is 0 Å². The molecule has 2 aromatic heterocycles. The Balaban J connectivity index is 1.61. The van der Waals surface area contributed by atoms with Gasteiger partial charge in [-0.15, -0.1) is 0 Å². The minimum atomic E-state index is -0.219. The van der Waals surface area contributed by atoms with Gasteiger partial charge in [0.15, 0.2) is 0 Å². The summed E-state index contributed by atoms with van der Waals surface area (Å²) in [6.07, 6.45) is 3.17. The normalized spacial score (nSPS) is 15.4. The number of aryl methyl sites for hydroxylation is 1. The average molecular weight is 358 g/mol. The highest BCUT2D eigenvalue weighted by atomic mass is 16.6. The van der Waals surface area contributed by atoms with Crippen molar-refractivity contribution in [3.8, 4) is 0 Å². The van der Waals surface area contributed by atoms with Gasteiger partial charge >= 0.3 is 6.09 Å². The first-order chi connectivity index (χ1) is 12.6. The number of H-pyrrole nitrogens is 1. The first-order valence-corrected chi connectivity index (χ1v) is 9.25. The van der Waals surface area contributed by atoms with E-state index in [1.54, 1.807) is 4.90 Å². The van der Waals surface area contributed by atoms with Gasteiger partial charge in [-0.3, -0.25) is 14.7 Å². The lowest BCUT2D eigenvalue weighted by Crippen LogP contribution is -2.48. The number of carbonyl (C=O) groups excluding carboxylic acids is 1. The third kappa shape index (κ3) is 4.22. The van der Waals surface area contributed by atoms with E-state index in [0.717, 1.165) is 48.2 Å². The smallest absolute Gasteiger partial charge is 0.409 e. The number of nitrogens with one attached hydrogen (secondary N) is 1. The predicted octanol–water partition coefficient (Wildman–Crippen LogP) is 2.15. The molecule has 0 bridgehead atoms. The number of ether oxygens (including phenoxy) is 1. The van der Waals surface area contributed by atoms with E-state index in [0.29, 0.717) is 26.1 Å². The topological polar surface area (TPSA) is 78.5 Å². The molecule has 140 valence electrons. The zero-order valence-corrected chi connectivity index (χ0v) is 15.5. The summed E-state index contributed by atoms with van der Waals surface area (Å²) in [6.45, 7) is 8.09. The van der Waals surface area contributed by atoms with Gasteiger partial charge in [0.2, 0.25) is 0 Å². The number of hydrogen-bond acceptors (Lipinski definition) is 5. The van der Waals surface area contributed by atoms with E-state index in [1.165, 1.54) is 0 Å². The number of amides is 1. The lowest BCUT2D eigenvalue weighted by atomic mass is 10.1. The fourth-order valence-corrected chi connectivity index (χ4v) is 3.14. The van der Waals surface area contributed by atoms with E-state index in [-0.39, 0.29) is 11.7 Å². The zero-order valence-electron chi connectivity index (χ0n) is 15.5. The summed E-state index contributed by atoms with van der Waals surface area (Å²) in [5.41, 5.74) is 3.35. The maximum atomic E-state index is 12.0. The van der Waals surface area contributed by atoms with Gasteiger partial charge < -0.3 is 14.6 Å². The number of aromatic amines is 1. The molecule has 1 aliphatic rings. The van der Waals surface area contributed by atoms with Crippen LogP contribution in [0.25, 0.3) is 11.0 Å². The molecule has 3 rings (SSSR count). The van der Waals surface area contributed by atoms with Crippen LogP contribution in [0.15, 0.2) is 23.1 Å². The van der Waals surface area contributed by atoms with Gasteiger partial charge in [-0.05, 0) is 30.5 Å². The molecule has 0 atom stereocenters. The van der Waals surface area contributed by atoms with E-state index in [2.05, 4.69) is 14.9 Å². The first-order valence-electron chi connectivity index (χ1n) is 9.25. The average Bonchev–Trinajstić information content (AvgIpc) is 2.66. The quantitative estimate of drug-likeness (QED) is 0.886. The molecule has 0 unspecified atom stereocenters. The third-order valence-electron chi connectivity index (χ3n) is 4.67. The summed E-state index contributed by atoms with van der Waals surface area (Å²) in [7, 11) is 0. The SMILES string of the molecule is CCCOC(=O)N1CCN(Cc2cnc3cc(CC)c(=O)[nH]c3c2)CC1. The standard InChI is InChI=1S/C19H26N4O3/c1-3-9-26-19(25)23-7-5-22(6-8-23)13-14-10-17-16(20-12-14)11-15(4-2)18(24)21-17/h10-12H,3-9,13H2,1-2H3,(H,21,24). The molecule has 0 spiro atoms. The Bertz CT molecular complexity index is 825. The summed E-state index contributed by atoms with van der Waals surface area (Å²) in [5, 5.41) is 0. The zero-order chi connectivity index (χ0) is 18.5. The number of aromatic nitrogens is 2. The number of piperazine rings is 1. The molecule has 3 heterocycles. The molecule has 1 N–H and O–H groups in total. The molecule has 1 fully saturated rings. The number of carbonyl (C=O) groups is 1. The molecule has 0 aromatic carbocycles. The molecule has 0 radical (unpaired) electrons. The molecule has 0 saturated carbocycles. The second-order valence-corrected chi connectivity index (χ2v) is 6.63. The van der Waals surface area contributed by atoms with Crippen molar-refractivity contribution in [1.82, 2.24) is 19.8 Å². The fraction of sp³-hybridized carbons (Fsp3) is 0.526. The van der Waals surface area contributed by atoms with Gasteiger partial charge in [-0.1, -0.05) is 13.8 Å². The van der Waals surface area contributed by atoms with Crippen LogP contribution in [0.4, 0.5) is 4.79 Å². The number of fused-ring (bicyclic) bond motifs is 1. The van der Waals surface area contributed by atoms with Crippen LogP contribution in [0.2, 0.25) is 0 Å². The van der Waals surface area contributed by atoms with Gasteiger partial charge in [0, 0.05) is 44.5 Å². The summed E-state index contributed by atoms with van der Waals surface area (Å²) in [5.74, 6) is 0. The molecule has 7 heteroatoms. The Labute approximate surface area is 153 Å². The Morgan fingerprint density at radius 2 is 2.00 bits per heavy atom. The van der Waals surface area contributed by atoms with Crippen molar-refractivity contribution in [3.05, 3.63) is 39.8 Å². The van der Waals surface area contributed by atoms with Crippen molar-refractivity contribution < 1.29 is 9.53 Å². The van der Waals surface area contributed by atoms with E-state index < -0.39 is 0 Å². The van der Waals surface area contributed by atoms with E-state index in [4.69, 9.17) is 4.74 Å².